The highest BCUT2D eigenvalue weighted by Crippen LogP contribution is 2.31. The molecule has 0 saturated heterocycles. The first-order chi connectivity index (χ1) is 10.6. The zero-order valence-electron chi connectivity index (χ0n) is 11.7. The van der Waals surface area contributed by atoms with Gasteiger partial charge in [-0.2, -0.15) is 0 Å². The van der Waals surface area contributed by atoms with Crippen LogP contribution in [0.25, 0.3) is 22.3 Å². The Bertz CT molecular complexity index is 889. The minimum atomic E-state index is -3.67. The van der Waals surface area contributed by atoms with Gasteiger partial charge in [-0.15, -0.1) is 0 Å². The first-order valence-corrected chi connectivity index (χ1v) is 8.23. The highest BCUT2D eigenvalue weighted by molar-refractivity contribution is 7.89. The van der Waals surface area contributed by atoms with E-state index >= 15 is 0 Å². The second kappa shape index (κ2) is 5.71. The fourth-order valence-electron chi connectivity index (χ4n) is 2.34. The molecule has 5 heteroatoms. The van der Waals surface area contributed by atoms with Gasteiger partial charge in [0.05, 0.1) is 4.90 Å². The highest BCUT2D eigenvalue weighted by Gasteiger charge is 2.10. The van der Waals surface area contributed by atoms with Crippen LogP contribution in [0, 0.1) is 0 Å². The molecule has 0 aliphatic rings. The lowest BCUT2D eigenvalue weighted by atomic mass is 9.95. The van der Waals surface area contributed by atoms with E-state index in [1.165, 1.54) is 12.1 Å². The van der Waals surface area contributed by atoms with E-state index in [9.17, 15) is 8.42 Å². The molecule has 2 aromatic carbocycles. The van der Waals surface area contributed by atoms with Crippen molar-refractivity contribution in [2.24, 2.45) is 5.14 Å². The molecule has 3 rings (SSSR count). The number of primary sulfonamides is 1. The fourth-order valence-corrected chi connectivity index (χ4v) is 2.86. The van der Waals surface area contributed by atoms with Crippen molar-refractivity contribution in [2.75, 3.05) is 0 Å². The van der Waals surface area contributed by atoms with Crippen molar-refractivity contribution in [3.63, 3.8) is 0 Å². The smallest absolute Gasteiger partial charge is 0.238 e. The Balaban J connectivity index is 2.10. The molecule has 1 heterocycles. The van der Waals surface area contributed by atoms with Gasteiger partial charge in [-0.1, -0.05) is 36.4 Å². The van der Waals surface area contributed by atoms with E-state index in [0.29, 0.717) is 0 Å². The van der Waals surface area contributed by atoms with Crippen molar-refractivity contribution >= 4 is 10.0 Å². The predicted octanol–water partition coefficient (Wildman–Crippen LogP) is 3.06. The number of pyridine rings is 1. The van der Waals surface area contributed by atoms with Gasteiger partial charge >= 0.3 is 0 Å². The molecule has 0 bridgehead atoms. The molecule has 2 N–H and O–H groups in total. The molecule has 1 aromatic heterocycles. The number of rotatable bonds is 3. The molecule has 0 aliphatic heterocycles. The normalized spacial score (nSPS) is 11.3. The van der Waals surface area contributed by atoms with Gasteiger partial charge in [-0.3, -0.25) is 4.98 Å². The lowest BCUT2D eigenvalue weighted by molar-refractivity contribution is 0.598. The molecule has 3 aromatic rings. The SMILES string of the molecule is NS(=O)(=O)c1ccc(-c2ccccc2-c2ccncc2)cc1. The number of benzene rings is 2. The van der Waals surface area contributed by atoms with Crippen LogP contribution in [-0.4, -0.2) is 13.4 Å². The molecule has 110 valence electrons. The van der Waals surface area contributed by atoms with Crippen molar-refractivity contribution in [1.29, 1.82) is 0 Å². The van der Waals surface area contributed by atoms with Gasteiger partial charge in [0.1, 0.15) is 0 Å². The Morgan fingerprint density at radius 3 is 1.73 bits per heavy atom. The average Bonchev–Trinajstić information content (AvgIpc) is 2.55. The third kappa shape index (κ3) is 2.90. The Labute approximate surface area is 129 Å². The van der Waals surface area contributed by atoms with E-state index in [1.54, 1.807) is 24.5 Å². The van der Waals surface area contributed by atoms with Crippen molar-refractivity contribution in [1.82, 2.24) is 4.98 Å². The zero-order chi connectivity index (χ0) is 15.6. The molecule has 0 amide bonds. The summed E-state index contributed by atoms with van der Waals surface area (Å²) in [5.41, 5.74) is 4.07. The number of nitrogens with zero attached hydrogens (tertiary/aromatic N) is 1. The topological polar surface area (TPSA) is 73.1 Å². The summed E-state index contributed by atoms with van der Waals surface area (Å²) in [6.07, 6.45) is 3.49. The molecule has 0 spiro atoms. The minimum absolute atomic E-state index is 0.109. The summed E-state index contributed by atoms with van der Waals surface area (Å²) < 4.78 is 22.7. The molecular formula is C17H14N2O2S. The molecule has 0 fully saturated rings. The molecule has 22 heavy (non-hydrogen) atoms. The highest BCUT2D eigenvalue weighted by atomic mass is 32.2. The third-order valence-corrected chi connectivity index (χ3v) is 4.34. The van der Waals surface area contributed by atoms with Crippen LogP contribution in [0.3, 0.4) is 0 Å². The Morgan fingerprint density at radius 1 is 0.727 bits per heavy atom. The van der Waals surface area contributed by atoms with Crippen LogP contribution in [0.5, 0.6) is 0 Å². The molecule has 0 atom stereocenters. The van der Waals surface area contributed by atoms with Crippen LogP contribution in [-0.2, 0) is 10.0 Å². The lowest BCUT2D eigenvalue weighted by Gasteiger charge is -2.10. The van der Waals surface area contributed by atoms with E-state index in [1.807, 2.05) is 36.4 Å². The molecule has 0 radical (unpaired) electrons. The summed E-state index contributed by atoms with van der Waals surface area (Å²) in [5, 5.41) is 5.13. The largest absolute Gasteiger partial charge is 0.265 e. The lowest BCUT2D eigenvalue weighted by Crippen LogP contribution is -2.11. The van der Waals surface area contributed by atoms with Gasteiger partial charge in [0, 0.05) is 12.4 Å². The summed E-state index contributed by atoms with van der Waals surface area (Å²) in [7, 11) is -3.67. The van der Waals surface area contributed by atoms with Crippen LogP contribution >= 0.6 is 0 Å². The molecule has 0 saturated carbocycles. The Hall–Kier alpha value is -2.50. The average molecular weight is 310 g/mol. The van der Waals surface area contributed by atoms with Crippen LogP contribution < -0.4 is 5.14 Å². The first-order valence-electron chi connectivity index (χ1n) is 6.68. The molecule has 4 nitrogen and oxygen atoms in total. The maximum absolute atomic E-state index is 11.3. The van der Waals surface area contributed by atoms with E-state index < -0.39 is 10.0 Å². The number of aromatic nitrogens is 1. The van der Waals surface area contributed by atoms with Crippen LogP contribution in [0.1, 0.15) is 0 Å². The van der Waals surface area contributed by atoms with Gasteiger partial charge in [-0.25, -0.2) is 13.6 Å². The molecule has 0 aliphatic carbocycles. The maximum atomic E-state index is 11.3. The van der Waals surface area contributed by atoms with Gasteiger partial charge in [0.2, 0.25) is 10.0 Å². The standard InChI is InChI=1S/C17H14N2O2S/c18-22(20,21)15-7-5-13(6-8-15)16-3-1-2-4-17(16)14-9-11-19-12-10-14/h1-12H,(H2,18,20,21). The van der Waals surface area contributed by atoms with E-state index in [-0.39, 0.29) is 4.90 Å². The third-order valence-electron chi connectivity index (χ3n) is 3.41. The van der Waals surface area contributed by atoms with Crippen LogP contribution in [0.4, 0.5) is 0 Å². The van der Waals surface area contributed by atoms with E-state index in [4.69, 9.17) is 5.14 Å². The van der Waals surface area contributed by atoms with E-state index in [2.05, 4.69) is 4.98 Å². The number of nitrogens with two attached hydrogens (primary N) is 1. The summed E-state index contributed by atoms with van der Waals surface area (Å²) in [6, 6.07) is 18.4. The van der Waals surface area contributed by atoms with E-state index in [0.717, 1.165) is 22.3 Å². The second-order valence-electron chi connectivity index (χ2n) is 4.85. The Kier molecular flexibility index (Phi) is 3.75. The van der Waals surface area contributed by atoms with Gasteiger partial charge in [0.25, 0.3) is 0 Å². The summed E-state index contributed by atoms with van der Waals surface area (Å²) in [6.45, 7) is 0. The number of hydrogen-bond acceptors (Lipinski definition) is 3. The monoisotopic (exact) mass is 310 g/mol. The summed E-state index contributed by atoms with van der Waals surface area (Å²) >= 11 is 0. The zero-order valence-corrected chi connectivity index (χ0v) is 12.5. The quantitative estimate of drug-likeness (QED) is 0.808. The van der Waals surface area contributed by atoms with Crippen molar-refractivity contribution < 1.29 is 8.42 Å². The van der Waals surface area contributed by atoms with Gasteiger partial charge in [0.15, 0.2) is 0 Å². The fraction of sp³-hybridized carbons (Fsp3) is 0. The maximum Gasteiger partial charge on any atom is 0.238 e. The number of sulfonamides is 1. The van der Waals surface area contributed by atoms with Crippen molar-refractivity contribution in [3.8, 4) is 22.3 Å². The van der Waals surface area contributed by atoms with Crippen LogP contribution in [0.15, 0.2) is 78.0 Å². The summed E-state index contributed by atoms with van der Waals surface area (Å²) in [5.74, 6) is 0. The first kappa shape index (κ1) is 14.4. The van der Waals surface area contributed by atoms with Gasteiger partial charge < -0.3 is 0 Å². The molecule has 0 unspecified atom stereocenters. The van der Waals surface area contributed by atoms with Crippen LogP contribution in [0.2, 0.25) is 0 Å². The second-order valence-corrected chi connectivity index (χ2v) is 6.41. The molecular weight excluding hydrogens is 296 g/mol. The minimum Gasteiger partial charge on any atom is -0.265 e. The summed E-state index contributed by atoms with van der Waals surface area (Å²) in [4.78, 5) is 4.14. The Morgan fingerprint density at radius 2 is 1.23 bits per heavy atom. The van der Waals surface area contributed by atoms with Crippen molar-refractivity contribution in [2.45, 2.75) is 4.90 Å². The number of hydrogen-bond donors (Lipinski definition) is 1. The predicted molar refractivity (Wildman–Crippen MR) is 86.5 cm³/mol. The van der Waals surface area contributed by atoms with Gasteiger partial charge in [-0.05, 0) is 46.5 Å². The van der Waals surface area contributed by atoms with Crippen molar-refractivity contribution in [3.05, 3.63) is 73.1 Å².